The van der Waals surface area contributed by atoms with Crippen LogP contribution in [0.3, 0.4) is 0 Å². The number of aryl methyl sites for hydroxylation is 2. The summed E-state index contributed by atoms with van der Waals surface area (Å²) in [6.45, 7) is 9.12. The van der Waals surface area contributed by atoms with Gasteiger partial charge in [0.25, 0.3) is 0 Å². The third-order valence-electron chi connectivity index (χ3n) is 9.68. The lowest BCUT2D eigenvalue weighted by Gasteiger charge is -2.21. The third kappa shape index (κ3) is 3.90. The third-order valence-corrected chi connectivity index (χ3v) is 9.68. The van der Waals surface area contributed by atoms with Crippen LogP contribution in [-0.2, 0) is 12.8 Å². The maximum Gasteiger partial charge on any atom is -0.00201 e. The molecule has 0 unspecified atom stereocenters. The Kier molecular flexibility index (Phi) is 6.02. The van der Waals surface area contributed by atoms with E-state index in [1.165, 1.54) is 92.8 Å². The van der Waals surface area contributed by atoms with Crippen molar-refractivity contribution in [1.82, 2.24) is 0 Å². The van der Waals surface area contributed by atoms with Gasteiger partial charge in [-0.1, -0.05) is 143 Å². The zero-order chi connectivity index (χ0) is 29.2. The predicted molar refractivity (Wildman–Crippen MR) is 189 cm³/mol. The highest BCUT2D eigenvalue weighted by Crippen LogP contribution is 2.47. The first kappa shape index (κ1) is 26.0. The molecular weight excluding hydrogens is 516 g/mol. The van der Waals surface area contributed by atoms with Gasteiger partial charge in [-0.25, -0.2) is 0 Å². The van der Waals surface area contributed by atoms with Gasteiger partial charge in [0.05, 0.1) is 0 Å². The summed E-state index contributed by atoms with van der Waals surface area (Å²) < 4.78 is 0. The van der Waals surface area contributed by atoms with Gasteiger partial charge in [-0.05, 0) is 112 Å². The van der Waals surface area contributed by atoms with E-state index >= 15 is 0 Å². The summed E-state index contributed by atoms with van der Waals surface area (Å²) in [6, 6.07) is 44.0. The van der Waals surface area contributed by atoms with Crippen molar-refractivity contribution in [2.24, 2.45) is 0 Å². The van der Waals surface area contributed by atoms with Crippen molar-refractivity contribution < 1.29 is 0 Å². The summed E-state index contributed by atoms with van der Waals surface area (Å²) in [5.41, 5.74) is 9.55. The molecule has 0 spiro atoms. The van der Waals surface area contributed by atoms with E-state index in [2.05, 4.69) is 143 Å². The number of rotatable bonds is 5. The fourth-order valence-electron chi connectivity index (χ4n) is 7.59. The first-order valence-electron chi connectivity index (χ1n) is 15.8. The lowest BCUT2D eigenvalue weighted by Crippen LogP contribution is -1.95. The molecule has 8 aromatic carbocycles. The average molecular weight is 553 g/mol. The molecule has 0 aliphatic carbocycles. The van der Waals surface area contributed by atoms with E-state index in [9.17, 15) is 0 Å². The monoisotopic (exact) mass is 552 g/mol. The molecule has 0 atom stereocenters. The van der Waals surface area contributed by atoms with E-state index < -0.39 is 0 Å². The summed E-state index contributed by atoms with van der Waals surface area (Å²) in [7, 11) is 0. The Morgan fingerprint density at radius 3 is 1.51 bits per heavy atom. The van der Waals surface area contributed by atoms with Crippen LogP contribution in [0.1, 0.15) is 50.3 Å². The van der Waals surface area contributed by atoms with E-state index in [1.807, 2.05) is 0 Å². The highest BCUT2D eigenvalue weighted by molar-refractivity contribution is 6.29. The van der Waals surface area contributed by atoms with Crippen molar-refractivity contribution in [3.8, 4) is 22.3 Å². The van der Waals surface area contributed by atoms with Gasteiger partial charge in [0.15, 0.2) is 0 Å². The highest BCUT2D eigenvalue weighted by Gasteiger charge is 2.20. The Morgan fingerprint density at radius 1 is 0.465 bits per heavy atom. The van der Waals surface area contributed by atoms with Crippen molar-refractivity contribution in [3.05, 3.63) is 132 Å². The van der Waals surface area contributed by atoms with E-state index in [1.54, 1.807) is 0 Å². The van der Waals surface area contributed by atoms with Gasteiger partial charge in [0.2, 0.25) is 0 Å². The fourth-order valence-corrected chi connectivity index (χ4v) is 7.59. The van der Waals surface area contributed by atoms with E-state index in [0.717, 1.165) is 12.8 Å². The Labute approximate surface area is 253 Å². The molecule has 0 saturated carbocycles. The number of hydrogen-bond acceptors (Lipinski definition) is 0. The second-order valence-corrected chi connectivity index (χ2v) is 12.4. The highest BCUT2D eigenvalue weighted by atomic mass is 14.2. The van der Waals surface area contributed by atoms with Gasteiger partial charge < -0.3 is 0 Å². The summed E-state index contributed by atoms with van der Waals surface area (Å²) in [4.78, 5) is 0. The van der Waals surface area contributed by atoms with Crippen LogP contribution in [0, 0.1) is 0 Å². The molecule has 0 heterocycles. The normalized spacial score (nSPS) is 12.1. The van der Waals surface area contributed by atoms with Crippen LogP contribution >= 0.6 is 0 Å². The van der Waals surface area contributed by atoms with Crippen molar-refractivity contribution in [1.29, 1.82) is 0 Å². The van der Waals surface area contributed by atoms with Crippen LogP contribution in [0.25, 0.3) is 76.1 Å². The molecule has 0 bridgehead atoms. The largest absolute Gasteiger partial charge is 0.0616 e. The molecule has 208 valence electrons. The second-order valence-electron chi connectivity index (χ2n) is 12.4. The van der Waals surface area contributed by atoms with Gasteiger partial charge in [-0.2, -0.15) is 0 Å². The van der Waals surface area contributed by atoms with Gasteiger partial charge in [0, 0.05) is 0 Å². The minimum absolute atomic E-state index is 0.476. The molecule has 0 heteroatoms. The van der Waals surface area contributed by atoms with E-state index in [-0.39, 0.29) is 0 Å². The second kappa shape index (κ2) is 9.96. The smallest absolute Gasteiger partial charge is 0.00201 e. The minimum Gasteiger partial charge on any atom is -0.0616 e. The zero-order valence-electron chi connectivity index (χ0n) is 25.5. The summed E-state index contributed by atoms with van der Waals surface area (Å²) in [6.07, 6.45) is 2.08. The molecule has 0 saturated heterocycles. The maximum atomic E-state index is 2.41. The molecule has 0 radical (unpaired) electrons. The van der Waals surface area contributed by atoms with Crippen LogP contribution in [0.4, 0.5) is 0 Å². The van der Waals surface area contributed by atoms with Gasteiger partial charge in [-0.15, -0.1) is 0 Å². The Balaban J connectivity index is 1.52. The lowest BCUT2D eigenvalue weighted by molar-refractivity contribution is 0.877. The van der Waals surface area contributed by atoms with Crippen LogP contribution in [0.15, 0.2) is 115 Å². The first-order valence-corrected chi connectivity index (χ1v) is 15.8. The molecule has 8 rings (SSSR count). The standard InChI is InChI=1S/C43H36/c1-5-27-23-28(6-2)25-31(24-27)40-33-11-7-9-13-35(33)43(36-14-10-8-12-34(36)40)39-22-18-30-16-20-37-32(26(3)4)19-15-29-17-21-38(39)42(30)41(29)37/h7-26H,5-6H2,1-4H3. The van der Waals surface area contributed by atoms with Gasteiger partial charge >= 0.3 is 0 Å². The van der Waals surface area contributed by atoms with Crippen LogP contribution in [0.2, 0.25) is 0 Å². The van der Waals surface area contributed by atoms with E-state index in [4.69, 9.17) is 0 Å². The zero-order valence-corrected chi connectivity index (χ0v) is 25.5. The maximum absolute atomic E-state index is 2.41. The molecule has 0 N–H and O–H groups in total. The molecule has 0 fully saturated rings. The van der Waals surface area contributed by atoms with Crippen molar-refractivity contribution >= 4 is 53.9 Å². The Hall–Kier alpha value is -4.68. The molecular formula is C43H36. The SMILES string of the molecule is CCc1cc(CC)cc(-c2c3ccccc3c(-c3ccc4ccc5c(C(C)C)ccc6ccc3c4c65)c3ccccc23)c1. The average Bonchev–Trinajstić information content (AvgIpc) is 3.05. The quantitative estimate of drug-likeness (QED) is 0.147. The Morgan fingerprint density at radius 2 is 0.953 bits per heavy atom. The number of hydrogen-bond donors (Lipinski definition) is 0. The number of fused-ring (bicyclic) bond motifs is 2. The molecule has 0 amide bonds. The topological polar surface area (TPSA) is 0 Å². The fraction of sp³-hybridized carbons (Fsp3) is 0.163. The van der Waals surface area contributed by atoms with Crippen LogP contribution < -0.4 is 0 Å². The molecule has 8 aromatic rings. The van der Waals surface area contributed by atoms with Crippen molar-refractivity contribution in [3.63, 3.8) is 0 Å². The van der Waals surface area contributed by atoms with E-state index in [0.29, 0.717) is 5.92 Å². The van der Waals surface area contributed by atoms with Crippen LogP contribution in [0.5, 0.6) is 0 Å². The lowest BCUT2D eigenvalue weighted by atomic mass is 9.82. The molecule has 0 aliphatic heterocycles. The van der Waals surface area contributed by atoms with Gasteiger partial charge in [0.1, 0.15) is 0 Å². The predicted octanol–water partition coefficient (Wildman–Crippen LogP) is 12.5. The Bertz CT molecular complexity index is 2250. The molecule has 0 nitrogen and oxygen atoms in total. The van der Waals surface area contributed by atoms with Gasteiger partial charge in [-0.3, -0.25) is 0 Å². The number of benzene rings is 8. The summed E-state index contributed by atoms with van der Waals surface area (Å²) in [5, 5.41) is 13.4. The van der Waals surface area contributed by atoms with Crippen molar-refractivity contribution in [2.45, 2.75) is 46.5 Å². The minimum atomic E-state index is 0.476. The molecule has 0 aliphatic rings. The van der Waals surface area contributed by atoms with Crippen LogP contribution in [-0.4, -0.2) is 0 Å². The summed E-state index contributed by atoms with van der Waals surface area (Å²) in [5.74, 6) is 0.476. The first-order chi connectivity index (χ1) is 21.1. The summed E-state index contributed by atoms with van der Waals surface area (Å²) >= 11 is 0. The molecule has 0 aromatic heterocycles. The molecule has 43 heavy (non-hydrogen) atoms. The van der Waals surface area contributed by atoms with Crippen molar-refractivity contribution in [2.75, 3.05) is 0 Å².